The summed E-state index contributed by atoms with van der Waals surface area (Å²) in [7, 11) is 1.71. The molecule has 0 saturated carbocycles. The monoisotopic (exact) mass is 300 g/mol. The minimum Gasteiger partial charge on any atom is -0.309 e. The molecule has 2 aliphatic heterocycles. The molecule has 4 rings (SSSR count). The van der Waals surface area contributed by atoms with Gasteiger partial charge in [0, 0.05) is 26.6 Å². The minimum absolute atomic E-state index is 0.221. The summed E-state index contributed by atoms with van der Waals surface area (Å²) in [6.07, 6.45) is 0.616. The van der Waals surface area contributed by atoms with E-state index in [0.29, 0.717) is 6.42 Å². The third kappa shape index (κ3) is 1.75. The molecule has 114 valence electrons. The van der Waals surface area contributed by atoms with Crippen molar-refractivity contribution in [3.8, 4) is 0 Å². The van der Waals surface area contributed by atoms with Gasteiger partial charge in [-0.15, -0.1) is 0 Å². The Labute approximate surface area is 125 Å². The Kier molecular flexibility index (Phi) is 2.74. The van der Waals surface area contributed by atoms with Crippen LogP contribution < -0.4 is 16.3 Å². The third-order valence-corrected chi connectivity index (χ3v) is 4.56. The maximum atomic E-state index is 12.6. The van der Waals surface area contributed by atoms with Crippen molar-refractivity contribution in [3.05, 3.63) is 33.7 Å². The Morgan fingerprint density at radius 2 is 1.77 bits per heavy atom. The second-order valence-electron chi connectivity index (χ2n) is 5.89. The van der Waals surface area contributed by atoms with E-state index in [2.05, 4.69) is 10.6 Å². The van der Waals surface area contributed by atoms with Crippen molar-refractivity contribution in [2.24, 2.45) is 7.05 Å². The molecule has 2 aliphatic rings. The van der Waals surface area contributed by atoms with E-state index in [9.17, 15) is 14.4 Å². The second kappa shape index (κ2) is 4.54. The molecule has 1 atom stereocenters. The van der Waals surface area contributed by atoms with E-state index < -0.39 is 11.9 Å². The lowest BCUT2D eigenvalue weighted by molar-refractivity contribution is -0.135. The third-order valence-electron chi connectivity index (χ3n) is 4.56. The molecular weight excluding hydrogens is 284 g/mol. The Hall–Kier alpha value is -2.41. The molecule has 2 N–H and O–H groups in total. The van der Waals surface area contributed by atoms with Crippen LogP contribution in [0.5, 0.6) is 0 Å². The number of rotatable bonds is 1. The molecule has 1 saturated heterocycles. The molecule has 22 heavy (non-hydrogen) atoms. The number of carbonyl (C=O) groups excluding carboxylic acids is 2. The molecule has 1 fully saturated rings. The summed E-state index contributed by atoms with van der Waals surface area (Å²) in [5.41, 5.74) is 3.69. The van der Waals surface area contributed by atoms with E-state index >= 15 is 0 Å². The van der Waals surface area contributed by atoms with Gasteiger partial charge in [-0.1, -0.05) is 0 Å². The van der Waals surface area contributed by atoms with Crippen LogP contribution in [0.15, 0.2) is 16.9 Å². The first kappa shape index (κ1) is 13.3. The topological polar surface area (TPSA) is 85.1 Å². The first-order valence-electron chi connectivity index (χ1n) is 7.33. The largest absolute Gasteiger partial charge is 0.329 e. The van der Waals surface area contributed by atoms with E-state index in [1.54, 1.807) is 11.6 Å². The van der Waals surface area contributed by atoms with Gasteiger partial charge < -0.3 is 5.32 Å². The fraction of sp³-hybridized carbons (Fsp3) is 0.400. The SMILES string of the molecule is Cn1c(=O)n([C@@H]2CCC(=O)NC2=O)c2cc3c(cc21)CNC3. The normalized spacial score (nSPS) is 21.2. The van der Waals surface area contributed by atoms with Crippen LogP contribution in [0.1, 0.15) is 30.0 Å². The van der Waals surface area contributed by atoms with E-state index in [4.69, 9.17) is 0 Å². The van der Waals surface area contributed by atoms with Gasteiger partial charge in [-0.05, 0) is 29.7 Å². The van der Waals surface area contributed by atoms with E-state index in [0.717, 1.165) is 29.7 Å². The van der Waals surface area contributed by atoms with Crippen molar-refractivity contribution >= 4 is 22.8 Å². The highest BCUT2D eigenvalue weighted by Crippen LogP contribution is 2.27. The Balaban J connectivity index is 1.94. The van der Waals surface area contributed by atoms with Crippen LogP contribution in [0.2, 0.25) is 0 Å². The number of hydrogen-bond acceptors (Lipinski definition) is 4. The number of fused-ring (bicyclic) bond motifs is 2. The maximum absolute atomic E-state index is 12.6. The number of aromatic nitrogens is 2. The zero-order valence-electron chi connectivity index (χ0n) is 12.2. The summed E-state index contributed by atoms with van der Waals surface area (Å²) in [5.74, 6) is -0.677. The van der Waals surface area contributed by atoms with E-state index in [-0.39, 0.29) is 18.0 Å². The van der Waals surface area contributed by atoms with Crippen molar-refractivity contribution < 1.29 is 9.59 Å². The van der Waals surface area contributed by atoms with Crippen LogP contribution in [0, 0.1) is 0 Å². The van der Waals surface area contributed by atoms with Gasteiger partial charge in [0.1, 0.15) is 6.04 Å². The molecule has 1 aromatic carbocycles. The van der Waals surface area contributed by atoms with Crippen molar-refractivity contribution in [1.29, 1.82) is 0 Å². The van der Waals surface area contributed by atoms with Crippen molar-refractivity contribution in [3.63, 3.8) is 0 Å². The summed E-state index contributed by atoms with van der Waals surface area (Å²) in [6, 6.07) is 3.37. The van der Waals surface area contributed by atoms with Crippen LogP contribution >= 0.6 is 0 Å². The van der Waals surface area contributed by atoms with Gasteiger partial charge in [0.25, 0.3) is 0 Å². The van der Waals surface area contributed by atoms with Crippen molar-refractivity contribution in [1.82, 2.24) is 19.8 Å². The van der Waals surface area contributed by atoms with Crippen LogP contribution in [0.25, 0.3) is 11.0 Å². The lowest BCUT2D eigenvalue weighted by Crippen LogP contribution is -2.44. The number of hydrogen-bond donors (Lipinski definition) is 2. The average Bonchev–Trinajstić information content (AvgIpc) is 3.03. The summed E-state index contributed by atoms with van der Waals surface area (Å²) < 4.78 is 3.09. The number of carbonyl (C=O) groups is 2. The quantitative estimate of drug-likeness (QED) is 0.722. The molecule has 0 radical (unpaired) electrons. The zero-order valence-corrected chi connectivity index (χ0v) is 12.2. The predicted octanol–water partition coefficient (Wildman–Crippen LogP) is -0.0791. The smallest absolute Gasteiger partial charge is 0.309 e. The first-order chi connectivity index (χ1) is 10.6. The lowest BCUT2D eigenvalue weighted by Gasteiger charge is -2.22. The van der Waals surface area contributed by atoms with Gasteiger partial charge in [-0.25, -0.2) is 4.79 Å². The van der Waals surface area contributed by atoms with Gasteiger partial charge >= 0.3 is 5.69 Å². The summed E-state index contributed by atoms with van der Waals surface area (Å²) in [4.78, 5) is 36.0. The first-order valence-corrected chi connectivity index (χ1v) is 7.33. The highest BCUT2D eigenvalue weighted by molar-refractivity contribution is 6.00. The van der Waals surface area contributed by atoms with Crippen molar-refractivity contribution in [2.45, 2.75) is 32.0 Å². The number of benzene rings is 1. The van der Waals surface area contributed by atoms with Crippen LogP contribution in [-0.2, 0) is 29.7 Å². The molecule has 7 nitrogen and oxygen atoms in total. The van der Waals surface area contributed by atoms with E-state index in [1.807, 2.05) is 12.1 Å². The molecule has 1 aromatic heterocycles. The van der Waals surface area contributed by atoms with Gasteiger partial charge in [-0.2, -0.15) is 0 Å². The second-order valence-corrected chi connectivity index (χ2v) is 5.89. The molecule has 0 spiro atoms. The number of nitrogens with one attached hydrogen (secondary N) is 2. The highest BCUT2D eigenvalue weighted by atomic mass is 16.2. The summed E-state index contributed by atoms with van der Waals surface area (Å²) in [5, 5.41) is 5.60. The molecule has 0 bridgehead atoms. The summed E-state index contributed by atoms with van der Waals surface area (Å²) >= 11 is 0. The fourth-order valence-electron chi connectivity index (χ4n) is 3.38. The minimum atomic E-state index is -0.624. The van der Waals surface area contributed by atoms with Crippen LogP contribution in [0.4, 0.5) is 0 Å². The average molecular weight is 300 g/mol. The van der Waals surface area contributed by atoms with Gasteiger partial charge in [-0.3, -0.25) is 24.0 Å². The lowest BCUT2D eigenvalue weighted by atomic mass is 10.0. The standard InChI is InChI=1S/C15H16N4O3/c1-18-11-4-8-6-16-7-9(8)5-12(11)19(15(18)22)10-2-3-13(20)17-14(10)21/h4-5,10,16H,2-3,6-7H2,1H3,(H,17,20,21)/t10-/m1/s1. The molecule has 2 amide bonds. The Morgan fingerprint density at radius 3 is 2.45 bits per heavy atom. The Bertz CT molecular complexity index is 877. The van der Waals surface area contributed by atoms with Crippen molar-refractivity contribution in [2.75, 3.05) is 0 Å². The van der Waals surface area contributed by atoms with E-state index in [1.165, 1.54) is 10.1 Å². The molecule has 2 aromatic rings. The maximum Gasteiger partial charge on any atom is 0.329 e. The highest BCUT2D eigenvalue weighted by Gasteiger charge is 2.31. The molecule has 0 aliphatic carbocycles. The van der Waals surface area contributed by atoms with Crippen LogP contribution in [0.3, 0.4) is 0 Å². The number of amides is 2. The zero-order chi connectivity index (χ0) is 15.4. The predicted molar refractivity (Wildman–Crippen MR) is 79.1 cm³/mol. The number of imide groups is 1. The number of piperidine rings is 1. The van der Waals surface area contributed by atoms with Gasteiger partial charge in [0.15, 0.2) is 0 Å². The van der Waals surface area contributed by atoms with Gasteiger partial charge in [0.2, 0.25) is 11.8 Å². The Morgan fingerprint density at radius 1 is 1.09 bits per heavy atom. The molecule has 7 heteroatoms. The fourth-order valence-corrected chi connectivity index (χ4v) is 3.38. The van der Waals surface area contributed by atoms with Gasteiger partial charge in [0.05, 0.1) is 11.0 Å². The number of nitrogens with zero attached hydrogens (tertiary/aromatic N) is 2. The summed E-state index contributed by atoms with van der Waals surface area (Å²) in [6.45, 7) is 1.56. The molecular formula is C15H16N4O3. The number of aryl methyl sites for hydroxylation is 1. The number of imidazole rings is 1. The van der Waals surface area contributed by atoms with Crippen LogP contribution in [-0.4, -0.2) is 20.9 Å². The molecule has 0 unspecified atom stereocenters. The molecule has 3 heterocycles.